The second-order valence-corrected chi connectivity index (χ2v) is 3.53. The molecule has 0 saturated carbocycles. The molecule has 94 valence electrons. The Morgan fingerprint density at radius 1 is 1.22 bits per heavy atom. The van der Waals surface area contributed by atoms with E-state index in [1.807, 2.05) is 6.92 Å². The number of nitrogen functional groups attached to an aromatic ring is 1. The van der Waals surface area contributed by atoms with Gasteiger partial charge in [0.25, 0.3) is 0 Å². The second-order valence-electron chi connectivity index (χ2n) is 3.53. The van der Waals surface area contributed by atoms with Crippen LogP contribution in [0.2, 0.25) is 0 Å². The lowest BCUT2D eigenvalue weighted by atomic mass is 10.3. The van der Waals surface area contributed by atoms with Crippen molar-refractivity contribution in [3.05, 3.63) is 42.2 Å². The summed E-state index contributed by atoms with van der Waals surface area (Å²) in [6.07, 6.45) is 0. The van der Waals surface area contributed by atoms with E-state index in [0.29, 0.717) is 24.1 Å². The van der Waals surface area contributed by atoms with Crippen LogP contribution in [0.1, 0.15) is 6.92 Å². The van der Waals surface area contributed by atoms with Gasteiger partial charge in [-0.3, -0.25) is 0 Å². The van der Waals surface area contributed by atoms with Gasteiger partial charge in [0.15, 0.2) is 0 Å². The highest BCUT2D eigenvalue weighted by Crippen LogP contribution is 2.24. The third kappa shape index (κ3) is 2.88. The highest BCUT2D eigenvalue weighted by molar-refractivity contribution is 5.44. The van der Waals surface area contributed by atoms with E-state index in [-0.39, 0.29) is 5.69 Å². The predicted molar refractivity (Wildman–Crippen MR) is 66.3 cm³/mol. The lowest BCUT2D eigenvalue weighted by Crippen LogP contribution is -1.96. The van der Waals surface area contributed by atoms with Crippen molar-refractivity contribution in [3.8, 4) is 17.5 Å². The molecule has 2 rings (SSSR count). The van der Waals surface area contributed by atoms with E-state index in [1.54, 1.807) is 24.3 Å². The average molecular weight is 248 g/mol. The molecule has 0 atom stereocenters. The second kappa shape index (κ2) is 5.35. The first-order valence-corrected chi connectivity index (χ1v) is 5.52. The fourth-order valence-corrected chi connectivity index (χ4v) is 1.37. The van der Waals surface area contributed by atoms with Crippen LogP contribution in [0.15, 0.2) is 36.4 Å². The largest absolute Gasteiger partial charge is 0.478 e. The van der Waals surface area contributed by atoms with Gasteiger partial charge >= 0.3 is 0 Å². The maximum atomic E-state index is 13.2. The van der Waals surface area contributed by atoms with E-state index in [9.17, 15) is 4.39 Å². The number of rotatable bonds is 4. The molecule has 0 spiro atoms. The van der Waals surface area contributed by atoms with Crippen molar-refractivity contribution >= 4 is 5.69 Å². The van der Waals surface area contributed by atoms with Gasteiger partial charge in [-0.2, -0.15) is 4.98 Å². The van der Waals surface area contributed by atoms with Crippen LogP contribution in [-0.4, -0.2) is 11.6 Å². The van der Waals surface area contributed by atoms with Crippen LogP contribution in [0.25, 0.3) is 0 Å². The number of pyridine rings is 1. The molecular formula is C13H13FN2O2. The van der Waals surface area contributed by atoms with E-state index >= 15 is 0 Å². The summed E-state index contributed by atoms with van der Waals surface area (Å²) < 4.78 is 23.9. The molecule has 0 aliphatic rings. The number of ether oxygens (including phenoxy) is 2. The molecule has 0 radical (unpaired) electrons. The van der Waals surface area contributed by atoms with Gasteiger partial charge in [0, 0.05) is 18.2 Å². The van der Waals surface area contributed by atoms with Crippen LogP contribution in [0, 0.1) is 5.82 Å². The van der Waals surface area contributed by atoms with Crippen molar-refractivity contribution in [1.29, 1.82) is 0 Å². The summed E-state index contributed by atoms with van der Waals surface area (Å²) in [5.41, 5.74) is 5.46. The van der Waals surface area contributed by atoms with Gasteiger partial charge in [0.2, 0.25) is 11.8 Å². The smallest absolute Gasteiger partial charge is 0.222 e. The van der Waals surface area contributed by atoms with Gasteiger partial charge < -0.3 is 15.2 Å². The highest BCUT2D eigenvalue weighted by Gasteiger charge is 2.04. The zero-order valence-electron chi connectivity index (χ0n) is 9.89. The monoisotopic (exact) mass is 248 g/mol. The first kappa shape index (κ1) is 12.2. The zero-order valence-corrected chi connectivity index (χ0v) is 9.89. The predicted octanol–water partition coefficient (Wildman–Crippen LogP) is 2.99. The van der Waals surface area contributed by atoms with Crippen LogP contribution < -0.4 is 15.2 Å². The third-order valence-electron chi connectivity index (χ3n) is 2.18. The topological polar surface area (TPSA) is 57.4 Å². The molecule has 2 aromatic rings. The summed E-state index contributed by atoms with van der Waals surface area (Å²) in [5.74, 6) is 0.618. The normalized spacial score (nSPS) is 10.1. The van der Waals surface area contributed by atoms with Gasteiger partial charge in [-0.05, 0) is 19.1 Å². The number of aromatic nitrogens is 1. The Labute approximate surface area is 104 Å². The standard InChI is InChI=1S/C13H13FN2O2/c1-2-17-12-4-3-5-13(16-12)18-9-6-7-11(15)10(14)8-9/h3-8H,2,15H2,1H3. The molecule has 0 unspecified atom stereocenters. The van der Waals surface area contributed by atoms with Crippen molar-refractivity contribution in [2.45, 2.75) is 6.92 Å². The molecule has 2 N–H and O–H groups in total. The fourth-order valence-electron chi connectivity index (χ4n) is 1.37. The minimum absolute atomic E-state index is 0.0818. The van der Waals surface area contributed by atoms with Crippen molar-refractivity contribution in [1.82, 2.24) is 4.98 Å². The quantitative estimate of drug-likeness (QED) is 0.845. The Kier molecular flexibility index (Phi) is 3.62. The van der Waals surface area contributed by atoms with Gasteiger partial charge in [-0.1, -0.05) is 6.07 Å². The Morgan fingerprint density at radius 2 is 2.00 bits per heavy atom. The summed E-state index contributed by atoms with van der Waals surface area (Å²) in [4.78, 5) is 4.11. The van der Waals surface area contributed by atoms with Crippen molar-refractivity contribution in [2.75, 3.05) is 12.3 Å². The Morgan fingerprint density at radius 3 is 2.72 bits per heavy atom. The van der Waals surface area contributed by atoms with E-state index in [0.717, 1.165) is 0 Å². The highest BCUT2D eigenvalue weighted by atomic mass is 19.1. The molecule has 18 heavy (non-hydrogen) atoms. The van der Waals surface area contributed by atoms with Crippen LogP contribution in [0.5, 0.6) is 17.5 Å². The fraction of sp³-hybridized carbons (Fsp3) is 0.154. The Hall–Kier alpha value is -2.30. The van der Waals surface area contributed by atoms with Gasteiger partial charge in [-0.15, -0.1) is 0 Å². The molecule has 0 fully saturated rings. The maximum absolute atomic E-state index is 13.2. The minimum atomic E-state index is -0.520. The zero-order chi connectivity index (χ0) is 13.0. The molecule has 0 amide bonds. The number of hydrogen-bond donors (Lipinski definition) is 1. The molecular weight excluding hydrogens is 235 g/mol. The number of nitrogens with two attached hydrogens (primary N) is 1. The van der Waals surface area contributed by atoms with Crippen LogP contribution in [-0.2, 0) is 0 Å². The number of nitrogens with zero attached hydrogens (tertiary/aromatic N) is 1. The summed E-state index contributed by atoms with van der Waals surface area (Å²) in [6, 6.07) is 9.37. The number of anilines is 1. The lowest BCUT2D eigenvalue weighted by molar-refractivity contribution is 0.321. The summed E-state index contributed by atoms with van der Waals surface area (Å²) in [7, 11) is 0. The van der Waals surface area contributed by atoms with Gasteiger partial charge in [0.05, 0.1) is 12.3 Å². The SMILES string of the molecule is CCOc1cccc(Oc2ccc(N)c(F)c2)n1. The molecule has 0 aliphatic carbocycles. The molecule has 4 nitrogen and oxygen atoms in total. The van der Waals surface area contributed by atoms with Crippen LogP contribution in [0.3, 0.4) is 0 Å². The first-order valence-electron chi connectivity index (χ1n) is 5.52. The molecule has 0 bridgehead atoms. The molecule has 5 heteroatoms. The summed E-state index contributed by atoms with van der Waals surface area (Å²) >= 11 is 0. The minimum Gasteiger partial charge on any atom is -0.478 e. The number of benzene rings is 1. The molecule has 1 aromatic heterocycles. The Bertz CT molecular complexity index is 546. The van der Waals surface area contributed by atoms with Gasteiger partial charge in [0.1, 0.15) is 11.6 Å². The molecule has 0 aliphatic heterocycles. The Balaban J connectivity index is 2.17. The molecule has 0 saturated heterocycles. The van der Waals surface area contributed by atoms with Crippen LogP contribution in [0.4, 0.5) is 10.1 Å². The average Bonchev–Trinajstić information content (AvgIpc) is 2.35. The maximum Gasteiger partial charge on any atom is 0.222 e. The first-order chi connectivity index (χ1) is 8.69. The van der Waals surface area contributed by atoms with E-state index < -0.39 is 5.82 Å². The van der Waals surface area contributed by atoms with E-state index in [4.69, 9.17) is 15.2 Å². The van der Waals surface area contributed by atoms with Crippen molar-refractivity contribution in [2.24, 2.45) is 0 Å². The molecule has 1 heterocycles. The third-order valence-corrected chi connectivity index (χ3v) is 2.18. The van der Waals surface area contributed by atoms with Crippen molar-refractivity contribution in [3.63, 3.8) is 0 Å². The number of hydrogen-bond acceptors (Lipinski definition) is 4. The van der Waals surface area contributed by atoms with E-state index in [2.05, 4.69) is 4.98 Å². The lowest BCUT2D eigenvalue weighted by Gasteiger charge is -2.07. The van der Waals surface area contributed by atoms with Gasteiger partial charge in [-0.25, -0.2) is 4.39 Å². The summed E-state index contributed by atoms with van der Waals surface area (Å²) in [5, 5.41) is 0. The molecule has 1 aromatic carbocycles. The van der Waals surface area contributed by atoms with Crippen LogP contribution >= 0.6 is 0 Å². The van der Waals surface area contributed by atoms with Crippen molar-refractivity contribution < 1.29 is 13.9 Å². The summed E-state index contributed by atoms with van der Waals surface area (Å²) in [6.45, 7) is 2.39. The number of halogens is 1. The van der Waals surface area contributed by atoms with E-state index in [1.165, 1.54) is 12.1 Å².